The van der Waals surface area contributed by atoms with E-state index >= 15 is 0 Å². The molecule has 0 saturated heterocycles. The first-order valence-corrected chi connectivity index (χ1v) is 4.19. The summed E-state index contributed by atoms with van der Waals surface area (Å²) in [6.45, 7) is 0. The molecular formula is C4HFI2N2. The fraction of sp³-hybridized carbons (Fsp3) is 0. The van der Waals surface area contributed by atoms with Crippen LogP contribution in [0.5, 0.6) is 0 Å². The van der Waals surface area contributed by atoms with Crippen molar-refractivity contribution in [2.75, 3.05) is 0 Å². The molecule has 0 saturated carbocycles. The lowest BCUT2D eigenvalue weighted by Gasteiger charge is -1.90. The van der Waals surface area contributed by atoms with Crippen LogP contribution in [0, 0.1) is 13.3 Å². The second-order valence-electron chi connectivity index (χ2n) is 1.27. The third-order valence-corrected chi connectivity index (χ3v) is 1.90. The van der Waals surface area contributed by atoms with Crippen LogP contribution in [0.15, 0.2) is 6.20 Å². The topological polar surface area (TPSA) is 25.8 Å². The lowest BCUT2D eigenvalue weighted by molar-refractivity contribution is 0.563. The van der Waals surface area contributed by atoms with Crippen molar-refractivity contribution in [2.45, 2.75) is 0 Å². The van der Waals surface area contributed by atoms with E-state index in [4.69, 9.17) is 0 Å². The Hall–Kier alpha value is 0.470. The summed E-state index contributed by atoms with van der Waals surface area (Å²) in [5.74, 6) is -0.498. The largest absolute Gasteiger partial charge is 0.246 e. The molecule has 0 radical (unpaired) electrons. The molecule has 0 unspecified atom stereocenters. The van der Waals surface area contributed by atoms with E-state index in [1.165, 1.54) is 6.20 Å². The predicted molar refractivity (Wildman–Crippen MR) is 47.4 cm³/mol. The van der Waals surface area contributed by atoms with Gasteiger partial charge >= 0.3 is 0 Å². The van der Waals surface area contributed by atoms with Gasteiger partial charge in [-0.05, 0) is 45.2 Å². The summed E-state index contributed by atoms with van der Waals surface area (Å²) < 4.78 is 13.3. The molecule has 1 rings (SSSR count). The summed E-state index contributed by atoms with van der Waals surface area (Å²) >= 11 is 3.69. The smallest absolute Gasteiger partial charge is 0.243 e. The molecule has 0 atom stereocenters. The van der Waals surface area contributed by atoms with Crippen molar-refractivity contribution in [3.05, 3.63) is 19.5 Å². The lowest BCUT2D eigenvalue weighted by Crippen LogP contribution is -1.93. The van der Waals surface area contributed by atoms with Gasteiger partial charge in [-0.25, -0.2) is 9.97 Å². The van der Waals surface area contributed by atoms with Gasteiger partial charge in [-0.3, -0.25) is 0 Å². The Kier molecular flexibility index (Phi) is 2.56. The number of halogens is 3. The van der Waals surface area contributed by atoms with E-state index in [-0.39, 0.29) is 0 Å². The first-order valence-electron chi connectivity index (χ1n) is 2.03. The molecule has 2 nitrogen and oxygen atoms in total. The molecule has 9 heavy (non-hydrogen) atoms. The molecule has 0 aliphatic carbocycles. The Bertz CT molecular complexity index is 228. The summed E-state index contributed by atoms with van der Waals surface area (Å²) in [6, 6.07) is 0. The monoisotopic (exact) mass is 350 g/mol. The van der Waals surface area contributed by atoms with E-state index in [1.54, 1.807) is 22.6 Å². The van der Waals surface area contributed by atoms with E-state index in [0.29, 0.717) is 7.40 Å². The summed E-state index contributed by atoms with van der Waals surface area (Å²) in [5, 5.41) is 0. The predicted octanol–water partition coefficient (Wildman–Crippen LogP) is 1.82. The van der Waals surface area contributed by atoms with Crippen molar-refractivity contribution in [2.24, 2.45) is 0 Å². The fourth-order valence-electron chi connectivity index (χ4n) is 0.332. The molecule has 0 aromatic carbocycles. The van der Waals surface area contributed by atoms with Gasteiger partial charge in [0.15, 0.2) is 3.70 Å². The molecule has 48 valence electrons. The van der Waals surface area contributed by atoms with Crippen LogP contribution in [0.1, 0.15) is 0 Å². The molecule has 1 aromatic heterocycles. The van der Waals surface area contributed by atoms with Crippen LogP contribution in [0.4, 0.5) is 4.39 Å². The van der Waals surface area contributed by atoms with Crippen LogP contribution >= 0.6 is 45.2 Å². The van der Waals surface area contributed by atoms with Crippen LogP contribution in [0.2, 0.25) is 0 Å². The second kappa shape index (κ2) is 3.04. The van der Waals surface area contributed by atoms with Crippen molar-refractivity contribution in [3.8, 4) is 0 Å². The van der Waals surface area contributed by atoms with Gasteiger partial charge in [0.2, 0.25) is 5.95 Å². The maximum absolute atomic E-state index is 12.4. The van der Waals surface area contributed by atoms with Gasteiger partial charge in [0.1, 0.15) is 3.70 Å². The van der Waals surface area contributed by atoms with Gasteiger partial charge in [0.05, 0.1) is 6.20 Å². The fourth-order valence-corrected chi connectivity index (χ4v) is 0.943. The number of rotatable bonds is 0. The molecule has 0 N–H and O–H groups in total. The highest BCUT2D eigenvalue weighted by Crippen LogP contribution is 2.05. The second-order valence-corrected chi connectivity index (χ2v) is 3.40. The normalized spacial score (nSPS) is 9.67. The van der Waals surface area contributed by atoms with E-state index in [0.717, 1.165) is 0 Å². The zero-order valence-corrected chi connectivity index (χ0v) is 8.42. The van der Waals surface area contributed by atoms with Crippen LogP contribution in [-0.4, -0.2) is 9.97 Å². The SMILES string of the molecule is Fc1nc(I)cnc1I. The van der Waals surface area contributed by atoms with Crippen molar-refractivity contribution < 1.29 is 4.39 Å². The van der Waals surface area contributed by atoms with Crippen molar-refractivity contribution in [1.82, 2.24) is 9.97 Å². The van der Waals surface area contributed by atoms with Crippen LogP contribution < -0.4 is 0 Å². The molecule has 1 heterocycles. The molecule has 0 bridgehead atoms. The summed E-state index contributed by atoms with van der Waals surface area (Å²) in [7, 11) is 0. The van der Waals surface area contributed by atoms with Gasteiger partial charge in [-0.2, -0.15) is 4.39 Å². The number of aromatic nitrogens is 2. The minimum Gasteiger partial charge on any atom is -0.243 e. The average molecular weight is 350 g/mol. The lowest BCUT2D eigenvalue weighted by atomic mass is 10.7. The Morgan fingerprint density at radius 3 is 2.56 bits per heavy atom. The highest BCUT2D eigenvalue weighted by molar-refractivity contribution is 14.1. The van der Waals surface area contributed by atoms with Crippen LogP contribution in [0.3, 0.4) is 0 Å². The first-order chi connectivity index (χ1) is 4.20. The third kappa shape index (κ3) is 1.95. The van der Waals surface area contributed by atoms with E-state index in [1.807, 2.05) is 22.6 Å². The Morgan fingerprint density at radius 2 is 2.11 bits per heavy atom. The Labute approximate surface area is 78.6 Å². The summed E-state index contributed by atoms with van der Waals surface area (Å²) in [5.41, 5.74) is 0. The van der Waals surface area contributed by atoms with Crippen molar-refractivity contribution in [1.29, 1.82) is 0 Å². The molecule has 0 amide bonds. The highest BCUT2D eigenvalue weighted by Gasteiger charge is 1.99. The van der Waals surface area contributed by atoms with Gasteiger partial charge in [-0.1, -0.05) is 0 Å². The number of hydrogen-bond acceptors (Lipinski definition) is 2. The Morgan fingerprint density at radius 1 is 1.44 bits per heavy atom. The van der Waals surface area contributed by atoms with Gasteiger partial charge < -0.3 is 0 Å². The van der Waals surface area contributed by atoms with Crippen molar-refractivity contribution in [3.63, 3.8) is 0 Å². The molecule has 0 aliphatic rings. The minimum absolute atomic E-state index is 0.313. The molecule has 1 aromatic rings. The maximum atomic E-state index is 12.4. The van der Waals surface area contributed by atoms with Gasteiger partial charge in [-0.15, -0.1) is 0 Å². The van der Waals surface area contributed by atoms with E-state index < -0.39 is 5.95 Å². The van der Waals surface area contributed by atoms with Gasteiger partial charge in [0, 0.05) is 0 Å². The minimum atomic E-state index is -0.498. The third-order valence-electron chi connectivity index (χ3n) is 0.660. The summed E-state index contributed by atoms with van der Waals surface area (Å²) in [6.07, 6.45) is 1.52. The van der Waals surface area contributed by atoms with E-state index in [2.05, 4.69) is 9.97 Å². The molecule has 0 aliphatic heterocycles. The van der Waals surface area contributed by atoms with Crippen molar-refractivity contribution >= 4 is 45.2 Å². The molecule has 0 spiro atoms. The summed E-state index contributed by atoms with van der Waals surface area (Å²) in [4.78, 5) is 7.24. The molecule has 0 fully saturated rings. The first kappa shape index (κ1) is 7.58. The van der Waals surface area contributed by atoms with Crippen LogP contribution in [0.25, 0.3) is 0 Å². The van der Waals surface area contributed by atoms with Gasteiger partial charge in [0.25, 0.3) is 0 Å². The quantitative estimate of drug-likeness (QED) is 0.668. The van der Waals surface area contributed by atoms with Crippen LogP contribution in [-0.2, 0) is 0 Å². The Balaban J connectivity index is 3.17. The highest BCUT2D eigenvalue weighted by atomic mass is 127. The maximum Gasteiger partial charge on any atom is 0.246 e. The molecular weight excluding hydrogens is 349 g/mol. The number of hydrogen-bond donors (Lipinski definition) is 0. The standard InChI is InChI=1S/C4HFI2N2/c5-3-4(7)8-1-2(6)9-3/h1H. The van der Waals surface area contributed by atoms with E-state index in [9.17, 15) is 4.39 Å². The zero-order chi connectivity index (χ0) is 6.85. The number of nitrogens with zero attached hydrogens (tertiary/aromatic N) is 2. The molecule has 5 heteroatoms. The average Bonchev–Trinajstić information content (AvgIpc) is 1.80. The zero-order valence-electron chi connectivity index (χ0n) is 4.11.